The molecular weight excluding hydrogens is 504 g/mol. The van der Waals surface area contributed by atoms with Crippen LogP contribution in [0.5, 0.6) is 0 Å². The topological polar surface area (TPSA) is 126 Å². The summed E-state index contributed by atoms with van der Waals surface area (Å²) in [6.07, 6.45) is 7.42. The van der Waals surface area contributed by atoms with Crippen LogP contribution in [0.2, 0.25) is 0 Å². The second-order valence-corrected chi connectivity index (χ2v) is 10.1. The first-order valence-corrected chi connectivity index (χ1v) is 13.5. The van der Waals surface area contributed by atoms with E-state index < -0.39 is 6.04 Å². The molecule has 10 heteroatoms. The Morgan fingerprint density at radius 2 is 1.93 bits per heavy atom. The number of aromatic nitrogens is 2. The number of carbonyl (C=O) groups excluding carboxylic acids is 2. The molecule has 40 heavy (non-hydrogen) atoms. The van der Waals surface area contributed by atoms with Crippen molar-refractivity contribution in [1.82, 2.24) is 25.1 Å². The van der Waals surface area contributed by atoms with Gasteiger partial charge in [-0.1, -0.05) is 24.8 Å². The van der Waals surface area contributed by atoms with Gasteiger partial charge < -0.3 is 25.8 Å². The number of amides is 2. The van der Waals surface area contributed by atoms with Gasteiger partial charge in [0, 0.05) is 43.9 Å². The summed E-state index contributed by atoms with van der Waals surface area (Å²) in [5.74, 6) is 7.38. The van der Waals surface area contributed by atoms with Crippen LogP contribution in [0, 0.1) is 29.1 Å². The van der Waals surface area contributed by atoms with Crippen molar-refractivity contribution in [2.75, 3.05) is 44.9 Å². The third-order valence-electron chi connectivity index (χ3n) is 6.54. The van der Waals surface area contributed by atoms with E-state index in [1.54, 1.807) is 50.5 Å². The minimum absolute atomic E-state index is 0.0370. The molecular formula is C30H38N8O2. The van der Waals surface area contributed by atoms with Gasteiger partial charge in [0.2, 0.25) is 17.8 Å². The number of rotatable bonds is 11. The Balaban J connectivity index is 1.55. The first-order chi connectivity index (χ1) is 19.2. The van der Waals surface area contributed by atoms with Crippen molar-refractivity contribution < 1.29 is 9.59 Å². The van der Waals surface area contributed by atoms with Gasteiger partial charge in [-0.3, -0.25) is 9.59 Å². The molecule has 3 N–H and O–H groups in total. The van der Waals surface area contributed by atoms with Crippen LogP contribution in [0.15, 0.2) is 42.6 Å². The van der Waals surface area contributed by atoms with E-state index in [9.17, 15) is 9.59 Å². The predicted molar refractivity (Wildman–Crippen MR) is 157 cm³/mol. The summed E-state index contributed by atoms with van der Waals surface area (Å²) < 4.78 is 0. The quantitative estimate of drug-likeness (QED) is 0.292. The van der Waals surface area contributed by atoms with E-state index in [0.717, 1.165) is 31.5 Å². The van der Waals surface area contributed by atoms with Crippen LogP contribution >= 0.6 is 0 Å². The third kappa shape index (κ3) is 8.82. The molecule has 1 fully saturated rings. The van der Waals surface area contributed by atoms with E-state index in [4.69, 9.17) is 5.26 Å². The molecule has 1 aromatic carbocycles. The van der Waals surface area contributed by atoms with Crippen molar-refractivity contribution in [3.05, 3.63) is 53.7 Å². The number of nitriles is 1. The lowest BCUT2D eigenvalue weighted by Gasteiger charge is -2.34. The lowest BCUT2D eigenvalue weighted by atomic mass is 9.80. The minimum atomic E-state index is -0.567. The number of nitrogens with zero attached hydrogens (tertiary/aromatic N) is 5. The number of anilines is 3. The molecule has 0 saturated heterocycles. The maximum absolute atomic E-state index is 12.7. The third-order valence-corrected chi connectivity index (χ3v) is 6.54. The average molecular weight is 543 g/mol. The molecule has 2 aromatic rings. The molecule has 3 rings (SSSR count). The molecule has 1 aromatic heterocycles. The number of benzene rings is 1. The summed E-state index contributed by atoms with van der Waals surface area (Å²) in [6.45, 7) is 5.22. The Labute approximate surface area is 236 Å². The molecule has 0 spiro atoms. The smallest absolute Gasteiger partial charge is 0.246 e. The fourth-order valence-electron chi connectivity index (χ4n) is 3.87. The molecule has 1 aliphatic rings. The zero-order chi connectivity index (χ0) is 29.1. The molecule has 2 amide bonds. The molecule has 210 valence electrons. The highest BCUT2D eigenvalue weighted by atomic mass is 16.2. The summed E-state index contributed by atoms with van der Waals surface area (Å²) in [4.78, 5) is 37.4. The van der Waals surface area contributed by atoms with Crippen LogP contribution in [-0.4, -0.2) is 77.9 Å². The maximum Gasteiger partial charge on any atom is 0.246 e. The van der Waals surface area contributed by atoms with Gasteiger partial charge >= 0.3 is 0 Å². The second-order valence-electron chi connectivity index (χ2n) is 10.1. The molecule has 10 nitrogen and oxygen atoms in total. The molecule has 1 heterocycles. The average Bonchev–Trinajstić information content (AvgIpc) is 2.92. The summed E-state index contributed by atoms with van der Waals surface area (Å²) >= 11 is 0. The lowest BCUT2D eigenvalue weighted by molar-refractivity contribution is -0.135. The fourth-order valence-corrected chi connectivity index (χ4v) is 3.87. The molecule has 1 aliphatic carbocycles. The Hall–Kier alpha value is -4.41. The first-order valence-electron chi connectivity index (χ1n) is 13.5. The van der Waals surface area contributed by atoms with Crippen LogP contribution < -0.4 is 16.0 Å². The van der Waals surface area contributed by atoms with Crippen molar-refractivity contribution >= 4 is 29.3 Å². The molecule has 0 aliphatic heterocycles. The van der Waals surface area contributed by atoms with Crippen molar-refractivity contribution in [2.24, 2.45) is 5.92 Å². The van der Waals surface area contributed by atoms with E-state index in [2.05, 4.69) is 50.8 Å². The number of likely N-dealkylation sites (N-methyl/N-ethyl adjacent to an activating group) is 2. The fraction of sp³-hybridized carbons (Fsp3) is 0.433. The van der Waals surface area contributed by atoms with Gasteiger partial charge in [0.1, 0.15) is 11.9 Å². The predicted octanol–water partition coefficient (Wildman–Crippen LogP) is 3.12. The van der Waals surface area contributed by atoms with Gasteiger partial charge in [-0.15, -0.1) is 0 Å². The SMILES string of the molecule is CCCNc1nc(Nc2ccc(C#N)cc2)ncc1C#CC1CC(NC(=O)[C@H](C)N(C)C(=O)/C=C/CN(C)C)C1. The number of carbonyl (C=O) groups is 2. The van der Waals surface area contributed by atoms with E-state index >= 15 is 0 Å². The lowest BCUT2D eigenvalue weighted by Crippen LogP contribution is -2.51. The minimum Gasteiger partial charge on any atom is -0.369 e. The van der Waals surface area contributed by atoms with Gasteiger partial charge in [-0.05, 0) is 64.5 Å². The monoisotopic (exact) mass is 542 g/mol. The van der Waals surface area contributed by atoms with Gasteiger partial charge in [0.05, 0.1) is 23.4 Å². The molecule has 0 radical (unpaired) electrons. The molecule has 1 saturated carbocycles. The van der Waals surface area contributed by atoms with E-state index in [1.807, 2.05) is 19.0 Å². The zero-order valence-electron chi connectivity index (χ0n) is 23.9. The van der Waals surface area contributed by atoms with Gasteiger partial charge in [0.15, 0.2) is 0 Å². The molecule has 0 bridgehead atoms. The first kappa shape index (κ1) is 30.1. The number of nitrogens with one attached hydrogen (secondary N) is 3. The highest BCUT2D eigenvalue weighted by Gasteiger charge is 2.31. The van der Waals surface area contributed by atoms with Crippen LogP contribution in [0.25, 0.3) is 0 Å². The van der Waals surface area contributed by atoms with Crippen LogP contribution in [-0.2, 0) is 9.59 Å². The largest absolute Gasteiger partial charge is 0.369 e. The van der Waals surface area contributed by atoms with E-state index in [1.165, 1.54) is 11.0 Å². The summed E-state index contributed by atoms with van der Waals surface area (Å²) in [5, 5.41) is 18.5. The summed E-state index contributed by atoms with van der Waals surface area (Å²) in [7, 11) is 5.49. The number of hydrogen-bond acceptors (Lipinski definition) is 8. The van der Waals surface area contributed by atoms with Crippen LogP contribution in [0.1, 0.15) is 44.2 Å². The summed E-state index contributed by atoms with van der Waals surface area (Å²) in [5.41, 5.74) is 2.08. The standard InChI is InChI=1S/C30H38N8O2/c1-6-15-32-28-24(20-33-30(36-28)35-25-13-10-22(19-31)11-14-25)12-9-23-17-26(18-23)34-29(40)21(2)38(5)27(39)8-7-16-37(3)4/h7-8,10-11,13-14,20-21,23,26H,6,15-18H2,1-5H3,(H,34,40)(H2,32,33,35,36)/b8-7+/t21-,23?,26?/m0/s1. The van der Waals surface area contributed by atoms with Gasteiger partial charge in [-0.25, -0.2) is 4.98 Å². The van der Waals surface area contributed by atoms with Crippen molar-refractivity contribution in [1.29, 1.82) is 5.26 Å². The Morgan fingerprint density at radius 1 is 1.20 bits per heavy atom. The van der Waals surface area contributed by atoms with E-state index in [-0.39, 0.29) is 23.8 Å². The normalized spacial score (nSPS) is 16.7. The van der Waals surface area contributed by atoms with Crippen molar-refractivity contribution in [3.8, 4) is 17.9 Å². The van der Waals surface area contributed by atoms with E-state index in [0.29, 0.717) is 29.4 Å². The van der Waals surface area contributed by atoms with Gasteiger partial charge in [0.25, 0.3) is 0 Å². The maximum atomic E-state index is 12.7. The van der Waals surface area contributed by atoms with Gasteiger partial charge in [-0.2, -0.15) is 10.2 Å². The second kappa shape index (κ2) is 14.7. The highest BCUT2D eigenvalue weighted by Crippen LogP contribution is 2.27. The van der Waals surface area contributed by atoms with Crippen molar-refractivity contribution in [2.45, 2.75) is 45.2 Å². The Bertz CT molecular complexity index is 1300. The zero-order valence-corrected chi connectivity index (χ0v) is 23.9. The summed E-state index contributed by atoms with van der Waals surface area (Å²) in [6, 6.07) is 8.65. The van der Waals surface area contributed by atoms with Crippen LogP contribution in [0.3, 0.4) is 0 Å². The number of hydrogen-bond donors (Lipinski definition) is 3. The Morgan fingerprint density at radius 3 is 2.58 bits per heavy atom. The highest BCUT2D eigenvalue weighted by molar-refractivity contribution is 5.92. The van der Waals surface area contributed by atoms with Crippen molar-refractivity contribution in [3.63, 3.8) is 0 Å². The molecule has 0 unspecified atom stereocenters. The van der Waals surface area contributed by atoms with Crippen LogP contribution in [0.4, 0.5) is 17.5 Å². The molecule has 1 atom stereocenters. The Kier molecular flexibility index (Phi) is 11.0.